The molecule has 2 rings (SSSR count). The van der Waals surface area contributed by atoms with E-state index >= 15 is 0 Å². The highest BCUT2D eigenvalue weighted by molar-refractivity contribution is 5.15. The fourth-order valence-corrected chi connectivity index (χ4v) is 1.96. The number of aryl methyl sites for hydroxylation is 1. The summed E-state index contributed by atoms with van der Waals surface area (Å²) >= 11 is 0. The van der Waals surface area contributed by atoms with Gasteiger partial charge in [0.2, 0.25) is 5.88 Å². The molecule has 0 atom stereocenters. The summed E-state index contributed by atoms with van der Waals surface area (Å²) in [6, 6.07) is 6.24. The monoisotopic (exact) mass is 206 g/mol. The number of ether oxygens (including phenoxy) is 1. The van der Waals surface area contributed by atoms with Gasteiger partial charge in [0, 0.05) is 17.8 Å². The zero-order valence-electron chi connectivity index (χ0n) is 9.15. The molecule has 1 aromatic rings. The maximum absolute atomic E-state index is 5.84. The lowest BCUT2D eigenvalue weighted by molar-refractivity contribution is 0.141. The van der Waals surface area contributed by atoms with Crippen molar-refractivity contribution in [3.63, 3.8) is 0 Å². The minimum atomic E-state index is 0.305. The van der Waals surface area contributed by atoms with E-state index in [1.165, 1.54) is 0 Å². The molecule has 0 amide bonds. The number of nitrogens with two attached hydrogens (primary N) is 1. The van der Waals surface area contributed by atoms with Gasteiger partial charge >= 0.3 is 0 Å². The Morgan fingerprint density at radius 2 is 2.00 bits per heavy atom. The van der Waals surface area contributed by atoms with Gasteiger partial charge < -0.3 is 10.5 Å². The van der Waals surface area contributed by atoms with Gasteiger partial charge in [-0.25, -0.2) is 4.98 Å². The lowest BCUT2D eigenvalue weighted by atomic mass is 9.94. The molecule has 3 nitrogen and oxygen atoms in total. The van der Waals surface area contributed by atoms with Crippen molar-refractivity contribution in [1.82, 2.24) is 4.98 Å². The third kappa shape index (κ3) is 2.93. The summed E-state index contributed by atoms with van der Waals surface area (Å²) in [5, 5.41) is 0. The minimum Gasteiger partial charge on any atom is -0.474 e. The Labute approximate surface area is 90.7 Å². The van der Waals surface area contributed by atoms with Gasteiger partial charge in [0.1, 0.15) is 6.10 Å². The predicted octanol–water partition coefficient (Wildman–Crippen LogP) is 2.04. The summed E-state index contributed by atoms with van der Waals surface area (Å²) in [5.41, 5.74) is 6.84. The van der Waals surface area contributed by atoms with Crippen LogP contribution in [0.4, 0.5) is 0 Å². The van der Waals surface area contributed by atoms with Crippen LogP contribution >= 0.6 is 0 Å². The van der Waals surface area contributed by atoms with Crippen LogP contribution in [0, 0.1) is 6.92 Å². The number of nitrogens with zero attached hydrogens (tertiary/aromatic N) is 1. The minimum absolute atomic E-state index is 0.305. The van der Waals surface area contributed by atoms with E-state index < -0.39 is 0 Å². The highest BCUT2D eigenvalue weighted by Gasteiger charge is 2.19. The molecule has 1 heterocycles. The molecule has 0 spiro atoms. The van der Waals surface area contributed by atoms with Crippen LogP contribution in [0.5, 0.6) is 5.88 Å². The largest absolute Gasteiger partial charge is 0.474 e. The van der Waals surface area contributed by atoms with Gasteiger partial charge in [-0.15, -0.1) is 0 Å². The Morgan fingerprint density at radius 3 is 2.67 bits per heavy atom. The Bertz CT molecular complexity index is 319. The molecule has 1 aromatic heterocycles. The summed E-state index contributed by atoms with van der Waals surface area (Å²) < 4.78 is 5.82. The topological polar surface area (TPSA) is 48.1 Å². The molecule has 0 aliphatic heterocycles. The molecule has 1 saturated carbocycles. The first-order chi connectivity index (χ1) is 7.24. The van der Waals surface area contributed by atoms with Crippen LogP contribution < -0.4 is 10.5 Å². The van der Waals surface area contributed by atoms with Crippen molar-refractivity contribution in [3.05, 3.63) is 23.9 Å². The first-order valence-corrected chi connectivity index (χ1v) is 5.60. The first-order valence-electron chi connectivity index (χ1n) is 5.60. The second-order valence-corrected chi connectivity index (χ2v) is 4.27. The number of rotatable bonds is 2. The molecule has 1 aliphatic rings. The fourth-order valence-electron chi connectivity index (χ4n) is 1.96. The molecule has 0 saturated heterocycles. The SMILES string of the molecule is Cc1cccc(OC2CCC(N)CC2)n1. The molecule has 0 unspecified atom stereocenters. The highest BCUT2D eigenvalue weighted by atomic mass is 16.5. The van der Waals surface area contributed by atoms with Crippen LogP contribution in [0.3, 0.4) is 0 Å². The van der Waals surface area contributed by atoms with Gasteiger partial charge in [-0.1, -0.05) is 6.07 Å². The summed E-state index contributed by atoms with van der Waals surface area (Å²) in [6.07, 6.45) is 4.54. The van der Waals surface area contributed by atoms with Crippen molar-refractivity contribution >= 4 is 0 Å². The van der Waals surface area contributed by atoms with Crippen molar-refractivity contribution in [3.8, 4) is 5.88 Å². The number of hydrogen-bond donors (Lipinski definition) is 1. The second-order valence-electron chi connectivity index (χ2n) is 4.27. The van der Waals surface area contributed by atoms with E-state index in [0.29, 0.717) is 12.1 Å². The standard InChI is InChI=1S/C12H18N2O/c1-9-3-2-4-12(14-9)15-11-7-5-10(13)6-8-11/h2-4,10-11H,5-8,13H2,1H3. The Hall–Kier alpha value is -1.09. The van der Waals surface area contributed by atoms with Crippen molar-refractivity contribution in [2.75, 3.05) is 0 Å². The van der Waals surface area contributed by atoms with E-state index in [4.69, 9.17) is 10.5 Å². The molecule has 0 radical (unpaired) electrons. The molecular weight excluding hydrogens is 188 g/mol. The average molecular weight is 206 g/mol. The summed E-state index contributed by atoms with van der Waals surface area (Å²) in [7, 11) is 0. The maximum atomic E-state index is 5.84. The fraction of sp³-hybridized carbons (Fsp3) is 0.583. The third-order valence-electron chi connectivity index (χ3n) is 2.87. The van der Waals surface area contributed by atoms with E-state index in [9.17, 15) is 0 Å². The normalized spacial score (nSPS) is 26.3. The lowest BCUT2D eigenvalue weighted by Gasteiger charge is -2.26. The van der Waals surface area contributed by atoms with E-state index in [2.05, 4.69) is 4.98 Å². The summed E-state index contributed by atoms with van der Waals surface area (Å²) in [6.45, 7) is 1.98. The van der Waals surface area contributed by atoms with Gasteiger partial charge in [-0.05, 0) is 38.7 Å². The summed E-state index contributed by atoms with van der Waals surface area (Å²) in [5.74, 6) is 0.746. The molecule has 82 valence electrons. The van der Waals surface area contributed by atoms with Gasteiger partial charge in [-0.3, -0.25) is 0 Å². The van der Waals surface area contributed by atoms with Crippen LogP contribution in [-0.2, 0) is 0 Å². The third-order valence-corrected chi connectivity index (χ3v) is 2.87. The maximum Gasteiger partial charge on any atom is 0.213 e. The van der Waals surface area contributed by atoms with Gasteiger partial charge in [0.05, 0.1) is 0 Å². The van der Waals surface area contributed by atoms with E-state index in [1.54, 1.807) is 0 Å². The van der Waals surface area contributed by atoms with Gasteiger partial charge in [-0.2, -0.15) is 0 Å². The molecule has 0 aromatic carbocycles. The lowest BCUT2D eigenvalue weighted by Crippen LogP contribution is -2.31. The zero-order chi connectivity index (χ0) is 10.7. The highest BCUT2D eigenvalue weighted by Crippen LogP contribution is 2.21. The van der Waals surface area contributed by atoms with Crippen LogP contribution in [-0.4, -0.2) is 17.1 Å². The number of hydrogen-bond acceptors (Lipinski definition) is 3. The molecule has 3 heteroatoms. The zero-order valence-corrected chi connectivity index (χ0v) is 9.15. The van der Waals surface area contributed by atoms with Crippen molar-refractivity contribution in [2.45, 2.75) is 44.8 Å². The number of pyridine rings is 1. The Kier molecular flexibility index (Phi) is 3.21. The van der Waals surface area contributed by atoms with E-state index in [-0.39, 0.29) is 0 Å². The van der Waals surface area contributed by atoms with Crippen molar-refractivity contribution < 1.29 is 4.74 Å². The Morgan fingerprint density at radius 1 is 1.27 bits per heavy atom. The Balaban J connectivity index is 1.92. The predicted molar refractivity (Wildman–Crippen MR) is 59.8 cm³/mol. The second kappa shape index (κ2) is 4.62. The molecular formula is C12H18N2O. The van der Waals surface area contributed by atoms with Crippen LogP contribution in [0.2, 0.25) is 0 Å². The smallest absolute Gasteiger partial charge is 0.213 e. The number of aromatic nitrogens is 1. The average Bonchev–Trinajstić information content (AvgIpc) is 2.22. The molecule has 2 N–H and O–H groups in total. The molecule has 15 heavy (non-hydrogen) atoms. The van der Waals surface area contributed by atoms with E-state index in [1.807, 2.05) is 25.1 Å². The molecule has 1 fully saturated rings. The van der Waals surface area contributed by atoms with Crippen LogP contribution in [0.1, 0.15) is 31.4 Å². The van der Waals surface area contributed by atoms with Gasteiger partial charge in [0.25, 0.3) is 0 Å². The first kappa shape index (κ1) is 10.4. The van der Waals surface area contributed by atoms with Crippen LogP contribution in [0.25, 0.3) is 0 Å². The quantitative estimate of drug-likeness (QED) is 0.805. The van der Waals surface area contributed by atoms with Crippen molar-refractivity contribution in [2.24, 2.45) is 5.73 Å². The van der Waals surface area contributed by atoms with Crippen molar-refractivity contribution in [1.29, 1.82) is 0 Å². The van der Waals surface area contributed by atoms with Gasteiger partial charge in [0.15, 0.2) is 0 Å². The molecule has 1 aliphatic carbocycles. The van der Waals surface area contributed by atoms with E-state index in [0.717, 1.165) is 37.3 Å². The summed E-state index contributed by atoms with van der Waals surface area (Å²) in [4.78, 5) is 4.33. The van der Waals surface area contributed by atoms with Crippen LogP contribution in [0.15, 0.2) is 18.2 Å². The molecule has 0 bridgehead atoms.